The normalized spacial score (nSPS) is 10.1. The van der Waals surface area contributed by atoms with Gasteiger partial charge < -0.3 is 4.74 Å². The fourth-order valence-corrected chi connectivity index (χ4v) is 1.71. The Labute approximate surface area is 119 Å². The molecule has 0 spiro atoms. The molecule has 0 saturated heterocycles. The van der Waals surface area contributed by atoms with Gasteiger partial charge in [0.15, 0.2) is 0 Å². The summed E-state index contributed by atoms with van der Waals surface area (Å²) in [6.07, 6.45) is 2.96. The molecule has 102 valence electrons. The van der Waals surface area contributed by atoms with Crippen molar-refractivity contribution in [3.8, 4) is 0 Å². The van der Waals surface area contributed by atoms with Crippen molar-refractivity contribution in [2.24, 2.45) is 0 Å². The Balaban J connectivity index is 2.04. The number of nitrogens with zero attached hydrogens (tertiary/aromatic N) is 2. The Morgan fingerprint density at radius 1 is 1.30 bits per heavy atom. The van der Waals surface area contributed by atoms with E-state index < -0.39 is 10.9 Å². The fraction of sp³-hybridized carbons (Fsp3) is 0.0769. The number of hydrogen-bond acceptors (Lipinski definition) is 5. The molecule has 2 aromatic rings. The topological polar surface area (TPSA) is 82.3 Å². The van der Waals surface area contributed by atoms with Crippen molar-refractivity contribution >= 4 is 23.3 Å². The number of ether oxygens (including phenoxy) is 1. The molecule has 1 aromatic heterocycles. The zero-order valence-electron chi connectivity index (χ0n) is 10.2. The molecule has 0 aliphatic rings. The summed E-state index contributed by atoms with van der Waals surface area (Å²) in [4.78, 5) is 25.5. The molecule has 2 rings (SSSR count). The van der Waals surface area contributed by atoms with E-state index in [1.807, 2.05) is 0 Å². The Kier molecular flexibility index (Phi) is 4.27. The van der Waals surface area contributed by atoms with E-state index in [1.54, 1.807) is 0 Å². The number of nitro groups is 1. The maximum absolute atomic E-state index is 11.7. The minimum Gasteiger partial charge on any atom is -0.457 e. The molecule has 1 heterocycles. The number of esters is 1. The Morgan fingerprint density at radius 2 is 2.00 bits per heavy atom. The second-order valence-electron chi connectivity index (χ2n) is 3.84. The highest BCUT2D eigenvalue weighted by Gasteiger charge is 2.12. The van der Waals surface area contributed by atoms with E-state index in [4.69, 9.17) is 16.3 Å². The molecular weight excluding hydrogens is 284 g/mol. The highest BCUT2D eigenvalue weighted by molar-refractivity contribution is 6.31. The van der Waals surface area contributed by atoms with Gasteiger partial charge in [-0.1, -0.05) is 11.6 Å². The van der Waals surface area contributed by atoms with Crippen LogP contribution in [0.2, 0.25) is 5.02 Å². The van der Waals surface area contributed by atoms with Crippen LogP contribution in [-0.2, 0) is 11.3 Å². The SMILES string of the molecule is O=C(OCc1ccc([N+](=O)[O-])cc1Cl)c1ccncc1. The first-order valence-corrected chi connectivity index (χ1v) is 5.95. The number of hydrogen-bond donors (Lipinski definition) is 0. The molecule has 0 unspecified atom stereocenters. The number of carbonyl (C=O) groups excluding carboxylic acids is 1. The number of carbonyl (C=O) groups is 1. The van der Waals surface area contributed by atoms with Gasteiger partial charge in [0.05, 0.1) is 15.5 Å². The quantitative estimate of drug-likeness (QED) is 0.491. The highest BCUT2D eigenvalue weighted by Crippen LogP contribution is 2.23. The number of pyridine rings is 1. The van der Waals surface area contributed by atoms with E-state index in [-0.39, 0.29) is 17.3 Å². The monoisotopic (exact) mass is 292 g/mol. The van der Waals surface area contributed by atoms with Gasteiger partial charge in [-0.3, -0.25) is 15.1 Å². The third kappa shape index (κ3) is 3.30. The van der Waals surface area contributed by atoms with E-state index in [0.717, 1.165) is 0 Å². The zero-order valence-corrected chi connectivity index (χ0v) is 10.9. The Morgan fingerprint density at radius 3 is 2.60 bits per heavy atom. The molecule has 6 nitrogen and oxygen atoms in total. The van der Waals surface area contributed by atoms with Crippen molar-refractivity contribution < 1.29 is 14.5 Å². The molecule has 1 aromatic carbocycles. The van der Waals surface area contributed by atoms with E-state index in [0.29, 0.717) is 11.1 Å². The number of nitro benzene ring substituents is 1. The predicted molar refractivity (Wildman–Crippen MR) is 71.5 cm³/mol. The molecule has 0 saturated carbocycles. The molecule has 0 aliphatic heterocycles. The van der Waals surface area contributed by atoms with E-state index >= 15 is 0 Å². The summed E-state index contributed by atoms with van der Waals surface area (Å²) < 4.78 is 5.07. The van der Waals surface area contributed by atoms with Crippen molar-refractivity contribution in [3.05, 3.63) is 69.0 Å². The molecular formula is C13H9ClN2O4. The molecule has 0 fully saturated rings. The third-order valence-electron chi connectivity index (χ3n) is 2.52. The van der Waals surface area contributed by atoms with Crippen molar-refractivity contribution in [1.82, 2.24) is 4.98 Å². The molecule has 0 N–H and O–H groups in total. The van der Waals surface area contributed by atoms with E-state index in [9.17, 15) is 14.9 Å². The van der Waals surface area contributed by atoms with Gasteiger partial charge in [0.2, 0.25) is 0 Å². The summed E-state index contributed by atoms with van der Waals surface area (Å²) in [6.45, 7) is -0.0576. The summed E-state index contributed by atoms with van der Waals surface area (Å²) >= 11 is 5.90. The second-order valence-corrected chi connectivity index (χ2v) is 4.25. The molecule has 0 aliphatic carbocycles. The van der Waals surface area contributed by atoms with Crippen LogP contribution < -0.4 is 0 Å². The summed E-state index contributed by atoms with van der Waals surface area (Å²) in [6, 6.07) is 7.04. The second kappa shape index (κ2) is 6.12. The number of benzene rings is 1. The summed E-state index contributed by atoms with van der Waals surface area (Å²) in [5.74, 6) is -0.512. The molecule has 0 radical (unpaired) electrons. The summed E-state index contributed by atoms with van der Waals surface area (Å²) in [7, 11) is 0. The lowest BCUT2D eigenvalue weighted by atomic mass is 10.2. The number of rotatable bonds is 4. The van der Waals surface area contributed by atoms with Gasteiger partial charge >= 0.3 is 5.97 Å². The van der Waals surface area contributed by atoms with Crippen LogP contribution in [-0.4, -0.2) is 15.9 Å². The lowest BCUT2D eigenvalue weighted by molar-refractivity contribution is -0.384. The van der Waals surface area contributed by atoms with Crippen LogP contribution in [0.1, 0.15) is 15.9 Å². The highest BCUT2D eigenvalue weighted by atomic mass is 35.5. The first-order chi connectivity index (χ1) is 9.58. The number of aromatic nitrogens is 1. The van der Waals surface area contributed by atoms with Crippen LogP contribution in [0, 0.1) is 10.1 Å². The van der Waals surface area contributed by atoms with Crippen molar-refractivity contribution in [3.63, 3.8) is 0 Å². The van der Waals surface area contributed by atoms with Gasteiger partial charge in [0.25, 0.3) is 5.69 Å². The van der Waals surface area contributed by atoms with Gasteiger partial charge in [0.1, 0.15) is 6.61 Å². The van der Waals surface area contributed by atoms with Crippen LogP contribution in [0.5, 0.6) is 0 Å². The maximum atomic E-state index is 11.7. The van der Waals surface area contributed by atoms with Crippen LogP contribution >= 0.6 is 11.6 Å². The van der Waals surface area contributed by atoms with Gasteiger partial charge in [0, 0.05) is 30.1 Å². The molecule has 0 atom stereocenters. The summed E-state index contributed by atoms with van der Waals surface area (Å²) in [5.41, 5.74) is 0.761. The van der Waals surface area contributed by atoms with Crippen LogP contribution in [0.4, 0.5) is 5.69 Å². The largest absolute Gasteiger partial charge is 0.457 e. The van der Waals surface area contributed by atoms with Gasteiger partial charge in [-0.15, -0.1) is 0 Å². The number of non-ortho nitro benzene ring substituents is 1. The molecule has 0 bridgehead atoms. The zero-order chi connectivity index (χ0) is 14.5. The van der Waals surface area contributed by atoms with Gasteiger partial charge in [-0.2, -0.15) is 0 Å². The molecule has 7 heteroatoms. The lowest BCUT2D eigenvalue weighted by Crippen LogP contribution is -2.05. The standard InChI is InChI=1S/C13H9ClN2O4/c14-12-7-11(16(18)19)2-1-10(12)8-20-13(17)9-3-5-15-6-4-9/h1-7H,8H2. The lowest BCUT2D eigenvalue weighted by Gasteiger charge is -2.06. The van der Waals surface area contributed by atoms with Crippen LogP contribution in [0.3, 0.4) is 0 Å². The van der Waals surface area contributed by atoms with Crippen molar-refractivity contribution in [2.75, 3.05) is 0 Å². The van der Waals surface area contributed by atoms with E-state index in [2.05, 4.69) is 4.98 Å². The van der Waals surface area contributed by atoms with Gasteiger partial charge in [-0.05, 0) is 18.2 Å². The van der Waals surface area contributed by atoms with Crippen molar-refractivity contribution in [2.45, 2.75) is 6.61 Å². The van der Waals surface area contributed by atoms with Gasteiger partial charge in [-0.25, -0.2) is 4.79 Å². The average Bonchev–Trinajstić information content (AvgIpc) is 2.46. The minimum atomic E-state index is -0.543. The Bertz CT molecular complexity index is 646. The smallest absolute Gasteiger partial charge is 0.338 e. The average molecular weight is 293 g/mol. The Hall–Kier alpha value is -2.47. The fourth-order valence-electron chi connectivity index (χ4n) is 1.48. The maximum Gasteiger partial charge on any atom is 0.338 e. The van der Waals surface area contributed by atoms with Crippen LogP contribution in [0.25, 0.3) is 0 Å². The van der Waals surface area contributed by atoms with E-state index in [1.165, 1.54) is 42.7 Å². The third-order valence-corrected chi connectivity index (χ3v) is 2.87. The van der Waals surface area contributed by atoms with Crippen molar-refractivity contribution in [1.29, 1.82) is 0 Å². The number of halogens is 1. The first kappa shape index (κ1) is 14.0. The molecule has 0 amide bonds. The minimum absolute atomic E-state index is 0.0576. The predicted octanol–water partition coefficient (Wildman–Crippen LogP) is 3.00. The van der Waals surface area contributed by atoms with Crippen LogP contribution in [0.15, 0.2) is 42.7 Å². The summed E-state index contributed by atoms with van der Waals surface area (Å²) in [5, 5.41) is 10.8. The molecule has 20 heavy (non-hydrogen) atoms. The first-order valence-electron chi connectivity index (χ1n) is 5.58.